The third-order valence-electron chi connectivity index (χ3n) is 2.53. The molecule has 0 unspecified atom stereocenters. The van der Waals surface area contributed by atoms with Gasteiger partial charge in [-0.15, -0.1) is 0 Å². The summed E-state index contributed by atoms with van der Waals surface area (Å²) in [6.45, 7) is 12.8. The second-order valence-corrected chi connectivity index (χ2v) is 7.26. The van der Waals surface area contributed by atoms with Gasteiger partial charge >= 0.3 is 109 Å². The van der Waals surface area contributed by atoms with E-state index >= 15 is 0 Å². The molecule has 0 fully saturated rings. The van der Waals surface area contributed by atoms with E-state index in [1.54, 1.807) is 0 Å². The van der Waals surface area contributed by atoms with E-state index in [1.165, 1.54) is 17.2 Å². The zero-order chi connectivity index (χ0) is 13.1. The summed E-state index contributed by atoms with van der Waals surface area (Å²) in [5, 5.41) is 0.626. The molecule has 0 saturated heterocycles. The number of hydrogen-bond acceptors (Lipinski definition) is 2. The maximum absolute atomic E-state index is 11.9. The molecule has 0 aliphatic carbocycles. The Morgan fingerprint density at radius 1 is 1.41 bits per heavy atom. The van der Waals surface area contributed by atoms with Crippen LogP contribution in [0.4, 0.5) is 0 Å². The number of rotatable bonds is 3. The molecule has 3 heteroatoms. The Morgan fingerprint density at radius 2 is 2.06 bits per heavy atom. The van der Waals surface area contributed by atoms with Crippen molar-refractivity contribution in [3.8, 4) is 0 Å². The summed E-state index contributed by atoms with van der Waals surface area (Å²) in [7, 11) is 0. The van der Waals surface area contributed by atoms with Crippen molar-refractivity contribution in [1.29, 1.82) is 0 Å². The van der Waals surface area contributed by atoms with Crippen LogP contribution in [0, 0.1) is 0 Å². The molecule has 1 aromatic heterocycles. The van der Waals surface area contributed by atoms with Crippen molar-refractivity contribution in [2.75, 3.05) is 0 Å². The summed E-state index contributed by atoms with van der Waals surface area (Å²) >= 11 is 1.43. The molecule has 92 valence electrons. The average Bonchev–Trinajstić information content (AvgIpc) is 2.15. The SMILES string of the molecule is CC(C)SC(=O)Cc1cccbc1C(C)(C)C. The van der Waals surface area contributed by atoms with Gasteiger partial charge in [-0.3, -0.25) is 0 Å². The minimum atomic E-state index is 0.0966. The Morgan fingerprint density at radius 3 is 2.59 bits per heavy atom. The van der Waals surface area contributed by atoms with Crippen LogP contribution in [0.5, 0.6) is 0 Å². The van der Waals surface area contributed by atoms with Gasteiger partial charge in [0.1, 0.15) is 0 Å². The number of hydrogen-bond donors (Lipinski definition) is 0. The zero-order valence-corrected chi connectivity index (χ0v) is 12.2. The standard InChI is InChI=1S/C14H21BOS/c1-10(2)17-12(16)9-11-7-6-8-15-13(11)14(3,4)5/h6-8,10H,9H2,1-5H3. The van der Waals surface area contributed by atoms with Crippen LogP contribution < -0.4 is 0 Å². The molecule has 0 aliphatic heterocycles. The molecule has 0 aromatic carbocycles. The van der Waals surface area contributed by atoms with Crippen LogP contribution in [-0.4, -0.2) is 17.3 Å². The van der Waals surface area contributed by atoms with Crippen molar-refractivity contribution >= 4 is 23.8 Å². The average molecular weight is 248 g/mol. The molecule has 0 radical (unpaired) electrons. The van der Waals surface area contributed by atoms with Gasteiger partial charge in [-0.1, -0.05) is 0 Å². The number of thioether (sulfide) groups is 1. The third kappa shape index (κ3) is 4.67. The van der Waals surface area contributed by atoms with Crippen LogP contribution in [0.15, 0.2) is 18.1 Å². The van der Waals surface area contributed by atoms with Crippen LogP contribution in [0.25, 0.3) is 0 Å². The summed E-state index contributed by atoms with van der Waals surface area (Å²) in [5.41, 5.74) is 2.54. The molecule has 0 aliphatic rings. The molecule has 0 bridgehead atoms. The van der Waals surface area contributed by atoms with Crippen LogP contribution >= 0.6 is 11.8 Å². The first kappa shape index (κ1) is 14.5. The normalized spacial score (nSPS) is 11.6. The predicted molar refractivity (Wildman–Crippen MR) is 77.9 cm³/mol. The fourth-order valence-corrected chi connectivity index (χ4v) is 2.63. The second-order valence-electron chi connectivity index (χ2n) is 5.62. The molecule has 0 atom stereocenters. The van der Waals surface area contributed by atoms with Crippen molar-refractivity contribution in [3.05, 3.63) is 29.1 Å². The maximum atomic E-state index is 11.9. The Labute approximate surface area is 110 Å². The minimum absolute atomic E-state index is 0.0966. The van der Waals surface area contributed by atoms with Crippen LogP contribution in [0.3, 0.4) is 0 Å². The monoisotopic (exact) mass is 248 g/mol. The molecule has 1 nitrogen and oxygen atoms in total. The van der Waals surface area contributed by atoms with Gasteiger partial charge in [0.15, 0.2) is 0 Å². The molecule has 17 heavy (non-hydrogen) atoms. The van der Waals surface area contributed by atoms with E-state index in [-0.39, 0.29) is 10.5 Å². The van der Waals surface area contributed by atoms with Gasteiger partial charge in [0.05, 0.1) is 0 Å². The Bertz CT molecular complexity index is 393. The topological polar surface area (TPSA) is 17.1 Å². The van der Waals surface area contributed by atoms with Crippen molar-refractivity contribution in [1.82, 2.24) is 0 Å². The summed E-state index contributed by atoms with van der Waals surface area (Å²) in [5.74, 6) is 2.05. The van der Waals surface area contributed by atoms with E-state index in [9.17, 15) is 4.79 Å². The molecular formula is C14H21BOS. The number of carbonyl (C=O) groups is 1. The van der Waals surface area contributed by atoms with Crippen molar-refractivity contribution in [2.45, 2.75) is 51.7 Å². The Balaban J connectivity index is 2.88. The van der Waals surface area contributed by atoms with Crippen LogP contribution in [0.1, 0.15) is 45.6 Å². The van der Waals surface area contributed by atoms with Gasteiger partial charge in [-0.05, 0) is 0 Å². The van der Waals surface area contributed by atoms with Crippen molar-refractivity contribution in [3.63, 3.8) is 0 Å². The third-order valence-corrected chi connectivity index (χ3v) is 3.41. The molecule has 0 N–H and O–H groups in total. The van der Waals surface area contributed by atoms with E-state index in [0.29, 0.717) is 11.7 Å². The fourth-order valence-electron chi connectivity index (χ4n) is 1.87. The van der Waals surface area contributed by atoms with Gasteiger partial charge in [-0.25, -0.2) is 0 Å². The molecule has 0 amide bonds. The molecule has 1 heterocycles. The van der Waals surface area contributed by atoms with E-state index in [0.717, 1.165) is 5.56 Å². The molecule has 0 spiro atoms. The second kappa shape index (κ2) is 5.86. The van der Waals surface area contributed by atoms with Crippen LogP contribution in [0.2, 0.25) is 0 Å². The van der Waals surface area contributed by atoms with Gasteiger partial charge < -0.3 is 0 Å². The van der Waals surface area contributed by atoms with Gasteiger partial charge in [0.2, 0.25) is 0 Å². The summed E-state index contributed by atoms with van der Waals surface area (Å²) in [6, 6.07) is 4.08. The molecule has 1 aromatic rings. The van der Waals surface area contributed by atoms with E-state index in [2.05, 4.69) is 47.6 Å². The van der Waals surface area contributed by atoms with Crippen molar-refractivity contribution < 1.29 is 4.79 Å². The van der Waals surface area contributed by atoms with E-state index in [4.69, 9.17) is 0 Å². The number of carbonyl (C=O) groups excluding carboxylic acids is 1. The molecular weight excluding hydrogens is 227 g/mol. The first-order valence-corrected chi connectivity index (χ1v) is 6.96. The Kier molecular flexibility index (Phi) is 4.99. The summed E-state index contributed by atoms with van der Waals surface area (Å²) < 4.78 is 0. The van der Waals surface area contributed by atoms with Gasteiger partial charge in [0.25, 0.3) is 0 Å². The Hall–Kier alpha value is -0.565. The van der Waals surface area contributed by atoms with E-state index < -0.39 is 0 Å². The fraction of sp³-hybridized carbons (Fsp3) is 0.571. The van der Waals surface area contributed by atoms with Crippen molar-refractivity contribution in [2.24, 2.45) is 0 Å². The van der Waals surface area contributed by atoms with Crippen LogP contribution in [-0.2, 0) is 16.6 Å². The molecule has 1 rings (SSSR count). The first-order valence-electron chi connectivity index (χ1n) is 6.08. The predicted octanol–water partition coefficient (Wildman–Crippen LogP) is 3.53. The molecule has 0 saturated carbocycles. The van der Waals surface area contributed by atoms with E-state index in [1.807, 2.05) is 12.0 Å². The van der Waals surface area contributed by atoms with Gasteiger partial charge in [0, 0.05) is 0 Å². The van der Waals surface area contributed by atoms with Gasteiger partial charge in [-0.2, -0.15) is 0 Å². The summed E-state index contributed by atoms with van der Waals surface area (Å²) in [4.78, 5) is 11.9. The zero-order valence-electron chi connectivity index (χ0n) is 11.4. The quantitative estimate of drug-likeness (QED) is 0.813. The summed E-state index contributed by atoms with van der Waals surface area (Å²) in [6.07, 6.45) is 0.538. The first-order chi connectivity index (χ1) is 7.80.